The van der Waals surface area contributed by atoms with Gasteiger partial charge in [-0.05, 0) is 48.4 Å². The maximum Gasteiger partial charge on any atom is 0.255 e. The van der Waals surface area contributed by atoms with Crippen molar-refractivity contribution in [2.24, 2.45) is 0 Å². The van der Waals surface area contributed by atoms with Crippen LogP contribution in [-0.4, -0.2) is 36.9 Å². The molecule has 1 aliphatic rings. The van der Waals surface area contributed by atoms with Gasteiger partial charge < -0.3 is 15.0 Å². The van der Waals surface area contributed by atoms with Crippen LogP contribution in [0.3, 0.4) is 0 Å². The van der Waals surface area contributed by atoms with Crippen LogP contribution >= 0.6 is 0 Å². The Morgan fingerprint density at radius 2 is 1.63 bits per heavy atom. The molecule has 1 fully saturated rings. The largest absolute Gasteiger partial charge is 0.497 e. The van der Waals surface area contributed by atoms with Crippen molar-refractivity contribution in [1.82, 2.24) is 4.90 Å². The van der Waals surface area contributed by atoms with Crippen molar-refractivity contribution in [2.75, 3.05) is 25.5 Å². The Kier molecular flexibility index (Phi) is 5.80. The van der Waals surface area contributed by atoms with E-state index < -0.39 is 0 Å². The summed E-state index contributed by atoms with van der Waals surface area (Å²) in [5.74, 6) is 0.709. The van der Waals surface area contributed by atoms with Crippen LogP contribution in [-0.2, 0) is 0 Å². The van der Waals surface area contributed by atoms with Gasteiger partial charge in [0.2, 0.25) is 0 Å². The standard InChI is InChI=1S/C25H24N2O3/c1-30-21-13-11-19(12-14-21)24(28)26-23-10-6-5-9-22(23)25(29)27-16-15-20(17-27)18-7-3-2-4-8-18/h2-14,20H,15-17H2,1H3,(H,26,28). The van der Waals surface area contributed by atoms with Gasteiger partial charge in [-0.15, -0.1) is 0 Å². The van der Waals surface area contributed by atoms with Gasteiger partial charge in [0.25, 0.3) is 11.8 Å². The van der Waals surface area contributed by atoms with Crippen molar-refractivity contribution in [3.8, 4) is 5.75 Å². The summed E-state index contributed by atoms with van der Waals surface area (Å²) >= 11 is 0. The molecular weight excluding hydrogens is 376 g/mol. The summed E-state index contributed by atoms with van der Waals surface area (Å²) in [6, 6.07) is 24.3. The SMILES string of the molecule is COc1ccc(C(=O)Nc2ccccc2C(=O)N2CCC(c3ccccc3)C2)cc1. The summed E-state index contributed by atoms with van der Waals surface area (Å²) in [7, 11) is 1.58. The number of ether oxygens (including phenoxy) is 1. The molecule has 1 atom stereocenters. The van der Waals surface area contributed by atoms with E-state index in [1.165, 1.54) is 5.56 Å². The molecule has 1 aliphatic heterocycles. The molecule has 1 saturated heterocycles. The van der Waals surface area contributed by atoms with E-state index in [0.29, 0.717) is 41.6 Å². The van der Waals surface area contributed by atoms with Crippen molar-refractivity contribution in [3.05, 3.63) is 95.6 Å². The topological polar surface area (TPSA) is 58.6 Å². The van der Waals surface area contributed by atoms with Crippen LogP contribution in [0, 0.1) is 0 Å². The molecule has 0 saturated carbocycles. The molecule has 1 N–H and O–H groups in total. The average molecular weight is 400 g/mol. The quantitative estimate of drug-likeness (QED) is 0.682. The molecule has 0 spiro atoms. The molecule has 4 rings (SSSR count). The lowest BCUT2D eigenvalue weighted by Gasteiger charge is -2.19. The highest BCUT2D eigenvalue weighted by Gasteiger charge is 2.29. The van der Waals surface area contributed by atoms with E-state index in [1.54, 1.807) is 43.5 Å². The molecule has 152 valence electrons. The minimum Gasteiger partial charge on any atom is -0.497 e. The highest BCUT2D eigenvalue weighted by molar-refractivity contribution is 6.09. The number of hydrogen-bond acceptors (Lipinski definition) is 3. The summed E-state index contributed by atoms with van der Waals surface area (Å²) in [4.78, 5) is 27.7. The summed E-state index contributed by atoms with van der Waals surface area (Å²) in [6.45, 7) is 1.39. The molecule has 5 nitrogen and oxygen atoms in total. The van der Waals surface area contributed by atoms with E-state index >= 15 is 0 Å². The average Bonchev–Trinajstić information content (AvgIpc) is 3.30. The smallest absolute Gasteiger partial charge is 0.255 e. The van der Waals surface area contributed by atoms with Crippen LogP contribution in [0.1, 0.15) is 38.6 Å². The number of para-hydroxylation sites is 1. The first-order valence-corrected chi connectivity index (χ1v) is 10.0. The molecule has 1 unspecified atom stereocenters. The predicted octanol–water partition coefficient (Wildman–Crippen LogP) is 4.58. The number of nitrogens with one attached hydrogen (secondary N) is 1. The molecule has 0 aromatic heterocycles. The van der Waals surface area contributed by atoms with Gasteiger partial charge in [0.15, 0.2) is 0 Å². The van der Waals surface area contributed by atoms with E-state index in [0.717, 1.165) is 6.42 Å². The Morgan fingerprint density at radius 3 is 2.37 bits per heavy atom. The highest BCUT2D eigenvalue weighted by atomic mass is 16.5. The number of rotatable bonds is 5. The maximum atomic E-state index is 13.2. The third-order valence-corrected chi connectivity index (χ3v) is 5.50. The zero-order valence-corrected chi connectivity index (χ0v) is 16.9. The van der Waals surface area contributed by atoms with Crippen molar-refractivity contribution in [1.29, 1.82) is 0 Å². The first-order valence-electron chi connectivity index (χ1n) is 10.0. The lowest BCUT2D eigenvalue weighted by Crippen LogP contribution is -2.29. The second-order valence-corrected chi connectivity index (χ2v) is 7.38. The molecule has 3 aromatic carbocycles. The normalized spacial score (nSPS) is 15.6. The second-order valence-electron chi connectivity index (χ2n) is 7.38. The van der Waals surface area contributed by atoms with Crippen LogP contribution in [0.25, 0.3) is 0 Å². The van der Waals surface area contributed by atoms with E-state index in [4.69, 9.17) is 4.74 Å². The number of carbonyl (C=O) groups excluding carboxylic acids is 2. The molecule has 5 heteroatoms. The molecule has 2 amide bonds. The number of likely N-dealkylation sites (tertiary alicyclic amines) is 1. The van der Waals surface area contributed by atoms with Gasteiger partial charge in [-0.25, -0.2) is 0 Å². The molecule has 0 bridgehead atoms. The van der Waals surface area contributed by atoms with Gasteiger partial charge >= 0.3 is 0 Å². The summed E-state index contributed by atoms with van der Waals surface area (Å²) in [5, 5.41) is 2.88. The number of carbonyl (C=O) groups is 2. The molecule has 30 heavy (non-hydrogen) atoms. The fourth-order valence-electron chi connectivity index (χ4n) is 3.83. The minimum atomic E-state index is -0.263. The Hall–Kier alpha value is -3.60. The Morgan fingerprint density at radius 1 is 0.933 bits per heavy atom. The van der Waals surface area contributed by atoms with Crippen molar-refractivity contribution < 1.29 is 14.3 Å². The van der Waals surface area contributed by atoms with E-state index in [-0.39, 0.29) is 11.8 Å². The van der Waals surface area contributed by atoms with Gasteiger partial charge in [-0.3, -0.25) is 9.59 Å². The number of nitrogens with zero attached hydrogens (tertiary/aromatic N) is 1. The zero-order chi connectivity index (χ0) is 20.9. The van der Waals surface area contributed by atoms with E-state index in [2.05, 4.69) is 17.4 Å². The molecule has 3 aromatic rings. The van der Waals surface area contributed by atoms with Gasteiger partial charge in [0.05, 0.1) is 18.4 Å². The number of anilines is 1. The predicted molar refractivity (Wildman–Crippen MR) is 117 cm³/mol. The molecule has 1 heterocycles. The number of benzene rings is 3. The zero-order valence-electron chi connectivity index (χ0n) is 16.9. The van der Waals surface area contributed by atoms with Crippen molar-refractivity contribution in [2.45, 2.75) is 12.3 Å². The van der Waals surface area contributed by atoms with Crippen LogP contribution < -0.4 is 10.1 Å². The minimum absolute atomic E-state index is 0.0564. The van der Waals surface area contributed by atoms with Gasteiger partial charge in [-0.1, -0.05) is 42.5 Å². The number of hydrogen-bond donors (Lipinski definition) is 1. The Bertz CT molecular complexity index is 1030. The summed E-state index contributed by atoms with van der Waals surface area (Å²) < 4.78 is 5.13. The third kappa shape index (κ3) is 4.20. The van der Waals surface area contributed by atoms with E-state index in [1.807, 2.05) is 35.2 Å². The first kappa shape index (κ1) is 19.7. The maximum absolute atomic E-state index is 13.2. The summed E-state index contributed by atoms with van der Waals surface area (Å²) in [5.41, 5.74) is 2.79. The molecular formula is C25H24N2O3. The van der Waals surface area contributed by atoms with Gasteiger partial charge in [-0.2, -0.15) is 0 Å². The monoisotopic (exact) mass is 400 g/mol. The highest BCUT2D eigenvalue weighted by Crippen LogP contribution is 2.29. The van der Waals surface area contributed by atoms with Crippen LogP contribution in [0.15, 0.2) is 78.9 Å². The fraction of sp³-hybridized carbons (Fsp3) is 0.200. The Balaban J connectivity index is 1.48. The van der Waals surface area contributed by atoms with E-state index in [9.17, 15) is 9.59 Å². The van der Waals surface area contributed by atoms with Gasteiger partial charge in [0.1, 0.15) is 5.75 Å². The summed E-state index contributed by atoms with van der Waals surface area (Å²) in [6.07, 6.45) is 0.941. The Labute approximate surface area is 176 Å². The second kappa shape index (κ2) is 8.82. The number of amides is 2. The lowest BCUT2D eigenvalue weighted by molar-refractivity contribution is 0.0792. The third-order valence-electron chi connectivity index (χ3n) is 5.50. The van der Waals surface area contributed by atoms with Crippen LogP contribution in [0.2, 0.25) is 0 Å². The van der Waals surface area contributed by atoms with Crippen molar-refractivity contribution in [3.63, 3.8) is 0 Å². The molecule has 0 aliphatic carbocycles. The lowest BCUT2D eigenvalue weighted by atomic mass is 9.99. The van der Waals surface area contributed by atoms with Crippen molar-refractivity contribution >= 4 is 17.5 Å². The van der Waals surface area contributed by atoms with Gasteiger partial charge in [0, 0.05) is 24.6 Å². The van der Waals surface area contributed by atoms with Crippen LogP contribution in [0.5, 0.6) is 5.75 Å². The van der Waals surface area contributed by atoms with Crippen LogP contribution in [0.4, 0.5) is 5.69 Å². The first-order chi connectivity index (χ1) is 14.7. The molecule has 0 radical (unpaired) electrons. The fourth-order valence-corrected chi connectivity index (χ4v) is 3.83. The number of methoxy groups -OCH3 is 1.